The average molecular weight is 309 g/mol. The van der Waals surface area contributed by atoms with Crippen LogP contribution in [-0.4, -0.2) is 54.7 Å². The van der Waals surface area contributed by atoms with Crippen molar-refractivity contribution in [2.24, 2.45) is 0 Å². The summed E-state index contributed by atoms with van der Waals surface area (Å²) < 4.78 is 36.4. The Kier molecular flexibility index (Phi) is 6.87. The van der Waals surface area contributed by atoms with Crippen molar-refractivity contribution in [3.8, 4) is 0 Å². The molecular formula is C13H27NO5S. The Morgan fingerprint density at radius 1 is 1.30 bits per heavy atom. The summed E-state index contributed by atoms with van der Waals surface area (Å²) in [5.41, 5.74) is -1.03. The first-order chi connectivity index (χ1) is 9.16. The van der Waals surface area contributed by atoms with E-state index >= 15 is 0 Å². The first-order valence-corrected chi connectivity index (χ1v) is 8.79. The highest BCUT2D eigenvalue weighted by molar-refractivity contribution is 7.85. The maximum absolute atomic E-state index is 11.0. The van der Waals surface area contributed by atoms with E-state index in [-0.39, 0.29) is 6.61 Å². The molecule has 0 aliphatic heterocycles. The van der Waals surface area contributed by atoms with Crippen molar-refractivity contribution in [3.63, 3.8) is 0 Å². The van der Waals surface area contributed by atoms with Gasteiger partial charge in [0, 0.05) is 12.6 Å². The third kappa shape index (κ3) is 8.86. The van der Waals surface area contributed by atoms with E-state index in [1.165, 1.54) is 19.3 Å². The third-order valence-electron chi connectivity index (χ3n) is 3.31. The highest BCUT2D eigenvalue weighted by Crippen LogP contribution is 2.17. The zero-order chi connectivity index (χ0) is 15.2. The molecule has 0 aromatic rings. The molecule has 1 fully saturated rings. The van der Waals surface area contributed by atoms with Crippen molar-refractivity contribution in [1.29, 1.82) is 0 Å². The lowest BCUT2D eigenvalue weighted by atomic mass is 9.95. The van der Waals surface area contributed by atoms with E-state index in [0.29, 0.717) is 12.6 Å². The van der Waals surface area contributed by atoms with Crippen LogP contribution in [0.1, 0.15) is 46.0 Å². The smallest absolute Gasteiger partial charge is 0.267 e. The lowest BCUT2D eigenvalue weighted by molar-refractivity contribution is -0.0469. The van der Waals surface area contributed by atoms with Crippen molar-refractivity contribution < 1.29 is 22.8 Å². The summed E-state index contributed by atoms with van der Waals surface area (Å²) in [6.45, 7) is 3.57. The van der Waals surface area contributed by atoms with Gasteiger partial charge < -0.3 is 15.2 Å². The van der Waals surface area contributed by atoms with E-state index < -0.39 is 27.6 Å². The van der Waals surface area contributed by atoms with Crippen LogP contribution in [0.4, 0.5) is 0 Å². The normalized spacial score (nSPS) is 20.0. The van der Waals surface area contributed by atoms with Gasteiger partial charge >= 0.3 is 0 Å². The van der Waals surface area contributed by atoms with Gasteiger partial charge in [0.05, 0.1) is 18.3 Å². The van der Waals surface area contributed by atoms with Crippen LogP contribution in [0.2, 0.25) is 0 Å². The van der Waals surface area contributed by atoms with Crippen LogP contribution in [0.25, 0.3) is 0 Å². The number of hydrogen-bond acceptors (Lipinski definition) is 5. The molecule has 120 valence electrons. The van der Waals surface area contributed by atoms with Crippen LogP contribution in [0, 0.1) is 0 Å². The minimum atomic E-state index is -4.09. The average Bonchev–Trinajstić information content (AvgIpc) is 2.31. The molecule has 1 unspecified atom stereocenters. The van der Waals surface area contributed by atoms with E-state index in [4.69, 9.17) is 9.29 Å². The fourth-order valence-electron chi connectivity index (χ4n) is 2.33. The molecule has 6 nitrogen and oxygen atoms in total. The number of hydrogen-bond donors (Lipinski definition) is 3. The van der Waals surface area contributed by atoms with E-state index in [2.05, 4.69) is 5.32 Å². The second-order valence-corrected chi connectivity index (χ2v) is 7.73. The highest BCUT2D eigenvalue weighted by Gasteiger charge is 2.23. The molecule has 0 aromatic heterocycles. The summed E-state index contributed by atoms with van der Waals surface area (Å²) in [6.07, 6.45) is 5.14. The van der Waals surface area contributed by atoms with Crippen LogP contribution in [0.5, 0.6) is 0 Å². The van der Waals surface area contributed by atoms with Crippen molar-refractivity contribution in [2.75, 3.05) is 18.9 Å². The van der Waals surface area contributed by atoms with Crippen LogP contribution in [0.15, 0.2) is 0 Å². The van der Waals surface area contributed by atoms with Crippen molar-refractivity contribution in [1.82, 2.24) is 5.32 Å². The van der Waals surface area contributed by atoms with Gasteiger partial charge in [0.25, 0.3) is 10.1 Å². The number of rotatable bonds is 8. The van der Waals surface area contributed by atoms with Gasteiger partial charge in [0.1, 0.15) is 5.75 Å². The van der Waals surface area contributed by atoms with Gasteiger partial charge in [-0.2, -0.15) is 8.42 Å². The Balaban J connectivity index is 2.44. The predicted molar refractivity (Wildman–Crippen MR) is 77.3 cm³/mol. The van der Waals surface area contributed by atoms with E-state index in [1.54, 1.807) is 13.8 Å². The van der Waals surface area contributed by atoms with Crippen LogP contribution in [-0.2, 0) is 14.9 Å². The molecule has 0 aromatic carbocycles. The largest absolute Gasteiger partial charge is 0.388 e. The Morgan fingerprint density at radius 2 is 1.90 bits per heavy atom. The van der Waals surface area contributed by atoms with Gasteiger partial charge in [-0.05, 0) is 26.7 Å². The Morgan fingerprint density at radius 3 is 2.40 bits per heavy atom. The summed E-state index contributed by atoms with van der Waals surface area (Å²) in [5.74, 6) is -0.456. The van der Waals surface area contributed by atoms with Gasteiger partial charge in [-0.15, -0.1) is 0 Å². The number of aliphatic hydroxyl groups is 1. The Labute approximate surface area is 121 Å². The second-order valence-electron chi connectivity index (χ2n) is 6.24. The molecule has 7 heteroatoms. The predicted octanol–water partition coefficient (Wildman–Crippen LogP) is 0.953. The molecule has 1 aliphatic rings. The summed E-state index contributed by atoms with van der Waals surface area (Å²) in [6, 6.07) is 0.387. The van der Waals surface area contributed by atoms with Crippen molar-refractivity contribution in [3.05, 3.63) is 0 Å². The topological polar surface area (TPSA) is 95.9 Å². The standard InChI is InChI=1S/C13H27NO5S/c1-13(2,15)10-19-12(9-20(16,17)18)8-14-11-6-4-3-5-7-11/h11-12,14-15H,3-10H2,1-2H3,(H,16,17,18). The zero-order valence-electron chi connectivity index (χ0n) is 12.3. The highest BCUT2D eigenvalue weighted by atomic mass is 32.2. The molecule has 0 radical (unpaired) electrons. The lowest BCUT2D eigenvalue weighted by Gasteiger charge is -2.27. The molecule has 1 saturated carbocycles. The molecule has 0 saturated heterocycles. The van der Waals surface area contributed by atoms with Gasteiger partial charge in [-0.3, -0.25) is 4.55 Å². The molecule has 1 aliphatic carbocycles. The first-order valence-electron chi connectivity index (χ1n) is 7.18. The van der Waals surface area contributed by atoms with Gasteiger partial charge in [0.2, 0.25) is 0 Å². The van der Waals surface area contributed by atoms with E-state index in [0.717, 1.165) is 12.8 Å². The summed E-state index contributed by atoms with van der Waals surface area (Å²) in [7, 11) is -4.09. The van der Waals surface area contributed by atoms with Gasteiger partial charge in [-0.1, -0.05) is 19.3 Å². The lowest BCUT2D eigenvalue weighted by Crippen LogP contribution is -2.42. The quantitative estimate of drug-likeness (QED) is 0.578. The second kappa shape index (κ2) is 7.70. The molecular weight excluding hydrogens is 282 g/mol. The molecule has 0 spiro atoms. The summed E-state index contributed by atoms with van der Waals surface area (Å²) in [4.78, 5) is 0. The molecule has 0 amide bonds. The maximum atomic E-state index is 11.0. The maximum Gasteiger partial charge on any atom is 0.267 e. The SMILES string of the molecule is CC(C)(O)COC(CNC1CCCCC1)CS(=O)(=O)O. The van der Waals surface area contributed by atoms with Crippen LogP contribution in [0.3, 0.4) is 0 Å². The molecule has 0 bridgehead atoms. The monoisotopic (exact) mass is 309 g/mol. The minimum absolute atomic E-state index is 0.0273. The van der Waals surface area contributed by atoms with E-state index in [1.807, 2.05) is 0 Å². The first kappa shape index (κ1) is 17.8. The van der Waals surface area contributed by atoms with Crippen molar-refractivity contribution >= 4 is 10.1 Å². The van der Waals surface area contributed by atoms with Crippen LogP contribution < -0.4 is 5.32 Å². The summed E-state index contributed by atoms with van der Waals surface area (Å²) >= 11 is 0. The fourth-order valence-corrected chi connectivity index (χ4v) is 3.01. The molecule has 3 N–H and O–H groups in total. The molecule has 1 rings (SSSR count). The Hall–Kier alpha value is -0.210. The Bertz CT molecular complexity index is 371. The molecule has 0 heterocycles. The van der Waals surface area contributed by atoms with E-state index in [9.17, 15) is 13.5 Å². The summed E-state index contributed by atoms with van der Waals surface area (Å²) in [5, 5.41) is 12.9. The fraction of sp³-hybridized carbons (Fsp3) is 1.00. The van der Waals surface area contributed by atoms with Gasteiger partial charge in [0.15, 0.2) is 0 Å². The molecule has 1 atom stereocenters. The zero-order valence-corrected chi connectivity index (χ0v) is 13.2. The van der Waals surface area contributed by atoms with Crippen molar-refractivity contribution in [2.45, 2.75) is 63.7 Å². The number of ether oxygens (including phenoxy) is 1. The minimum Gasteiger partial charge on any atom is -0.388 e. The third-order valence-corrected chi connectivity index (χ3v) is 4.10. The molecule has 20 heavy (non-hydrogen) atoms. The van der Waals surface area contributed by atoms with Crippen LogP contribution >= 0.6 is 0 Å². The van der Waals surface area contributed by atoms with Gasteiger partial charge in [-0.25, -0.2) is 0 Å². The number of nitrogens with one attached hydrogen (secondary N) is 1.